The number of hydrogen-bond acceptors (Lipinski definition) is 3. The largest absolute Gasteiger partial charge is 0.459 e. The van der Waals surface area contributed by atoms with E-state index in [0.29, 0.717) is 31.7 Å². The number of nitrogens with zero attached hydrogens (tertiary/aromatic N) is 1. The van der Waals surface area contributed by atoms with Gasteiger partial charge in [-0.2, -0.15) is 0 Å². The number of aryl methyl sites for hydroxylation is 2. The Morgan fingerprint density at radius 3 is 2.60 bits per heavy atom. The Bertz CT molecular complexity index is 744. The maximum Gasteiger partial charge on any atom is 0.289 e. The number of anilines is 1. The van der Waals surface area contributed by atoms with E-state index in [1.807, 2.05) is 25.1 Å². The molecule has 2 heterocycles. The number of likely N-dealkylation sites (tertiary alicyclic amines) is 1. The van der Waals surface area contributed by atoms with Gasteiger partial charge in [0.05, 0.1) is 6.26 Å². The molecule has 2 amide bonds. The van der Waals surface area contributed by atoms with Crippen LogP contribution in [0.3, 0.4) is 0 Å². The van der Waals surface area contributed by atoms with Crippen LogP contribution in [0.2, 0.25) is 0 Å². The SMILES string of the molecule is CCc1cccc(C)c1NC(=O)C1CCN(C(=O)c2ccco2)CC1. The lowest BCUT2D eigenvalue weighted by molar-refractivity contribution is -0.121. The van der Waals surface area contributed by atoms with Crippen molar-refractivity contribution in [1.29, 1.82) is 0 Å². The second-order valence-electron chi connectivity index (χ2n) is 6.50. The van der Waals surface area contributed by atoms with Crippen LogP contribution in [-0.4, -0.2) is 29.8 Å². The van der Waals surface area contributed by atoms with Crippen LogP contribution in [0.25, 0.3) is 0 Å². The van der Waals surface area contributed by atoms with Crippen LogP contribution in [0.5, 0.6) is 0 Å². The topological polar surface area (TPSA) is 62.6 Å². The summed E-state index contributed by atoms with van der Waals surface area (Å²) in [5, 5.41) is 3.11. The molecule has 1 aromatic heterocycles. The van der Waals surface area contributed by atoms with Gasteiger partial charge in [-0.3, -0.25) is 9.59 Å². The minimum absolute atomic E-state index is 0.0501. The number of hydrogen-bond donors (Lipinski definition) is 1. The summed E-state index contributed by atoms with van der Waals surface area (Å²) in [4.78, 5) is 26.7. The molecule has 0 aliphatic carbocycles. The molecular weight excluding hydrogens is 316 g/mol. The van der Waals surface area contributed by atoms with Gasteiger partial charge >= 0.3 is 0 Å². The number of rotatable bonds is 4. The maximum atomic E-state index is 12.7. The zero-order valence-corrected chi connectivity index (χ0v) is 14.7. The number of amides is 2. The van der Waals surface area contributed by atoms with Gasteiger partial charge in [-0.1, -0.05) is 25.1 Å². The quantitative estimate of drug-likeness (QED) is 0.924. The summed E-state index contributed by atoms with van der Waals surface area (Å²) in [6.07, 6.45) is 3.73. The zero-order valence-electron chi connectivity index (χ0n) is 14.7. The van der Waals surface area contributed by atoms with Gasteiger partial charge in [-0.05, 0) is 49.4 Å². The van der Waals surface area contributed by atoms with Crippen molar-refractivity contribution in [2.75, 3.05) is 18.4 Å². The highest BCUT2D eigenvalue weighted by Crippen LogP contribution is 2.25. The molecule has 1 aromatic carbocycles. The average molecular weight is 340 g/mol. The number of furan rings is 1. The smallest absolute Gasteiger partial charge is 0.289 e. The van der Waals surface area contributed by atoms with Crippen LogP contribution >= 0.6 is 0 Å². The third-order valence-electron chi connectivity index (χ3n) is 4.87. The lowest BCUT2D eigenvalue weighted by Crippen LogP contribution is -2.41. The summed E-state index contributed by atoms with van der Waals surface area (Å²) in [6.45, 7) is 5.25. The number of para-hydroxylation sites is 1. The molecule has 1 aliphatic rings. The van der Waals surface area contributed by atoms with E-state index < -0.39 is 0 Å². The van der Waals surface area contributed by atoms with Crippen molar-refractivity contribution >= 4 is 17.5 Å². The fraction of sp³-hybridized carbons (Fsp3) is 0.400. The first-order valence-electron chi connectivity index (χ1n) is 8.82. The maximum absolute atomic E-state index is 12.7. The Morgan fingerprint density at radius 2 is 1.96 bits per heavy atom. The molecule has 1 N–H and O–H groups in total. The Hall–Kier alpha value is -2.56. The van der Waals surface area contributed by atoms with Gasteiger partial charge in [0.15, 0.2) is 5.76 Å². The van der Waals surface area contributed by atoms with E-state index in [1.54, 1.807) is 17.0 Å². The molecule has 0 radical (unpaired) electrons. The summed E-state index contributed by atoms with van der Waals surface area (Å²) in [5.41, 5.74) is 3.17. The Kier molecular flexibility index (Phi) is 5.22. The van der Waals surface area contributed by atoms with Crippen molar-refractivity contribution in [3.63, 3.8) is 0 Å². The van der Waals surface area contributed by atoms with E-state index in [1.165, 1.54) is 6.26 Å². The molecule has 1 aliphatic heterocycles. The van der Waals surface area contributed by atoms with Crippen LogP contribution in [0.1, 0.15) is 41.4 Å². The molecule has 1 fully saturated rings. The summed E-state index contributed by atoms with van der Waals surface area (Å²) in [7, 11) is 0. The second kappa shape index (κ2) is 7.55. The molecule has 3 rings (SSSR count). The first kappa shape index (κ1) is 17.3. The Morgan fingerprint density at radius 1 is 1.20 bits per heavy atom. The van der Waals surface area contributed by atoms with Gasteiger partial charge < -0.3 is 14.6 Å². The molecule has 2 aromatic rings. The third kappa shape index (κ3) is 3.76. The van der Waals surface area contributed by atoms with Gasteiger partial charge in [0.1, 0.15) is 0 Å². The standard InChI is InChI=1S/C20H24N2O3/c1-3-15-7-4-6-14(2)18(15)21-19(23)16-9-11-22(12-10-16)20(24)17-8-5-13-25-17/h4-8,13,16H,3,9-12H2,1-2H3,(H,21,23). The minimum atomic E-state index is -0.101. The highest BCUT2D eigenvalue weighted by molar-refractivity contribution is 5.95. The fourth-order valence-corrected chi connectivity index (χ4v) is 3.33. The van der Waals surface area contributed by atoms with E-state index in [4.69, 9.17) is 4.42 Å². The molecule has 0 atom stereocenters. The van der Waals surface area contributed by atoms with Crippen molar-refractivity contribution in [1.82, 2.24) is 4.90 Å². The normalized spacial score (nSPS) is 15.2. The molecular formula is C20H24N2O3. The van der Waals surface area contributed by atoms with E-state index in [9.17, 15) is 9.59 Å². The monoisotopic (exact) mass is 340 g/mol. The van der Waals surface area contributed by atoms with E-state index in [-0.39, 0.29) is 17.7 Å². The van der Waals surface area contributed by atoms with E-state index in [0.717, 1.165) is 23.2 Å². The molecule has 0 spiro atoms. The van der Waals surface area contributed by atoms with E-state index >= 15 is 0 Å². The molecule has 5 heteroatoms. The fourth-order valence-electron chi connectivity index (χ4n) is 3.33. The van der Waals surface area contributed by atoms with Crippen molar-refractivity contribution in [2.45, 2.75) is 33.1 Å². The first-order chi connectivity index (χ1) is 12.1. The van der Waals surface area contributed by atoms with Crippen molar-refractivity contribution in [3.05, 3.63) is 53.5 Å². The first-order valence-corrected chi connectivity index (χ1v) is 8.82. The molecule has 0 bridgehead atoms. The van der Waals surface area contributed by atoms with E-state index in [2.05, 4.69) is 12.2 Å². The zero-order chi connectivity index (χ0) is 17.8. The molecule has 1 saturated heterocycles. The van der Waals surface area contributed by atoms with Gasteiger partial charge in [0.2, 0.25) is 5.91 Å². The number of piperidine rings is 1. The number of carbonyl (C=O) groups excluding carboxylic acids is 2. The average Bonchev–Trinajstić information content (AvgIpc) is 3.17. The Labute approximate surface area is 148 Å². The van der Waals surface area contributed by atoms with Gasteiger partial charge in [-0.15, -0.1) is 0 Å². The highest BCUT2D eigenvalue weighted by atomic mass is 16.3. The van der Waals surface area contributed by atoms with Crippen LogP contribution in [0.15, 0.2) is 41.0 Å². The summed E-state index contributed by atoms with van der Waals surface area (Å²) >= 11 is 0. The van der Waals surface area contributed by atoms with Crippen LogP contribution in [-0.2, 0) is 11.2 Å². The van der Waals surface area contributed by atoms with Crippen LogP contribution < -0.4 is 5.32 Å². The molecule has 5 nitrogen and oxygen atoms in total. The predicted molar refractivity (Wildman–Crippen MR) is 96.5 cm³/mol. The molecule has 25 heavy (non-hydrogen) atoms. The second-order valence-corrected chi connectivity index (χ2v) is 6.50. The van der Waals surface area contributed by atoms with Crippen LogP contribution in [0.4, 0.5) is 5.69 Å². The summed E-state index contributed by atoms with van der Waals surface area (Å²) in [6, 6.07) is 9.46. The van der Waals surface area contributed by atoms with Gasteiger partial charge in [0.25, 0.3) is 5.91 Å². The van der Waals surface area contributed by atoms with Crippen molar-refractivity contribution < 1.29 is 14.0 Å². The highest BCUT2D eigenvalue weighted by Gasteiger charge is 2.29. The van der Waals surface area contributed by atoms with Crippen LogP contribution in [0, 0.1) is 12.8 Å². The number of carbonyl (C=O) groups is 2. The Balaban J connectivity index is 1.60. The van der Waals surface area contributed by atoms with Crippen molar-refractivity contribution in [2.24, 2.45) is 5.92 Å². The van der Waals surface area contributed by atoms with Crippen molar-refractivity contribution in [3.8, 4) is 0 Å². The minimum Gasteiger partial charge on any atom is -0.459 e. The van der Waals surface area contributed by atoms with Gasteiger partial charge in [-0.25, -0.2) is 0 Å². The molecule has 132 valence electrons. The number of nitrogens with one attached hydrogen (secondary N) is 1. The lowest BCUT2D eigenvalue weighted by Gasteiger charge is -2.31. The van der Waals surface area contributed by atoms with Gasteiger partial charge in [0, 0.05) is 24.7 Å². The molecule has 0 saturated carbocycles. The summed E-state index contributed by atoms with van der Waals surface area (Å²) < 4.78 is 5.17. The third-order valence-corrected chi connectivity index (χ3v) is 4.87. The number of benzene rings is 1. The summed E-state index contributed by atoms with van der Waals surface area (Å²) in [5.74, 6) is 0.241. The lowest BCUT2D eigenvalue weighted by atomic mass is 9.95. The predicted octanol–water partition coefficient (Wildman–Crippen LogP) is 3.64. The molecule has 0 unspecified atom stereocenters.